The number of carbonyl (C=O) groups is 1. The van der Waals surface area contributed by atoms with E-state index in [9.17, 15) is 4.79 Å². The van der Waals surface area contributed by atoms with Crippen molar-refractivity contribution in [3.8, 4) is 5.75 Å². The molecule has 0 aliphatic rings. The van der Waals surface area contributed by atoms with Gasteiger partial charge in [0.1, 0.15) is 5.75 Å². The molecule has 1 aromatic rings. The van der Waals surface area contributed by atoms with Crippen LogP contribution < -0.4 is 4.74 Å². The SMILES string of the molecule is COc1cc(Cl)cc(C=O)c1CO. The van der Waals surface area contributed by atoms with E-state index in [1.165, 1.54) is 13.2 Å². The number of hydrogen-bond donors (Lipinski definition) is 1. The molecule has 0 amide bonds. The molecule has 0 aliphatic carbocycles. The zero-order chi connectivity index (χ0) is 9.84. The van der Waals surface area contributed by atoms with Gasteiger partial charge >= 0.3 is 0 Å². The lowest BCUT2D eigenvalue weighted by Gasteiger charge is -2.08. The number of rotatable bonds is 3. The summed E-state index contributed by atoms with van der Waals surface area (Å²) in [7, 11) is 1.46. The van der Waals surface area contributed by atoms with Gasteiger partial charge in [0.2, 0.25) is 0 Å². The van der Waals surface area contributed by atoms with Crippen LogP contribution in [0.15, 0.2) is 12.1 Å². The summed E-state index contributed by atoms with van der Waals surface area (Å²) in [5.74, 6) is 0.428. The van der Waals surface area contributed by atoms with E-state index in [1.54, 1.807) is 6.07 Å². The van der Waals surface area contributed by atoms with Gasteiger partial charge in [0.25, 0.3) is 0 Å². The van der Waals surface area contributed by atoms with Crippen LogP contribution in [0.4, 0.5) is 0 Å². The van der Waals surface area contributed by atoms with Crippen molar-refractivity contribution in [2.45, 2.75) is 6.61 Å². The minimum atomic E-state index is -0.242. The quantitative estimate of drug-likeness (QED) is 0.755. The average Bonchev–Trinajstić information content (AvgIpc) is 2.16. The number of halogens is 1. The lowest BCUT2D eigenvalue weighted by Crippen LogP contribution is -1.97. The standard InChI is InChI=1S/C9H9ClO3/c1-13-9-3-7(10)2-6(4-11)8(9)5-12/h2-4,12H,5H2,1H3. The Morgan fingerprint density at radius 1 is 1.62 bits per heavy atom. The van der Waals surface area contributed by atoms with Crippen molar-refractivity contribution >= 4 is 17.9 Å². The van der Waals surface area contributed by atoms with Crippen molar-refractivity contribution in [3.05, 3.63) is 28.3 Å². The third-order valence-corrected chi connectivity index (χ3v) is 1.93. The summed E-state index contributed by atoms with van der Waals surface area (Å²) in [5.41, 5.74) is 0.814. The summed E-state index contributed by atoms with van der Waals surface area (Å²) in [6.45, 7) is -0.242. The normalized spacial score (nSPS) is 9.77. The third kappa shape index (κ3) is 1.99. The van der Waals surface area contributed by atoms with Crippen molar-refractivity contribution < 1.29 is 14.6 Å². The van der Waals surface area contributed by atoms with E-state index in [-0.39, 0.29) is 6.61 Å². The van der Waals surface area contributed by atoms with E-state index in [0.717, 1.165) is 0 Å². The molecule has 0 aromatic heterocycles. The Hall–Kier alpha value is -1.06. The first-order chi connectivity index (χ1) is 6.22. The second kappa shape index (κ2) is 4.25. The molecular weight excluding hydrogens is 192 g/mol. The van der Waals surface area contributed by atoms with Gasteiger partial charge in [-0.3, -0.25) is 4.79 Å². The molecule has 1 N–H and O–H groups in total. The molecule has 0 saturated heterocycles. The topological polar surface area (TPSA) is 46.5 Å². The average molecular weight is 201 g/mol. The highest BCUT2D eigenvalue weighted by Crippen LogP contribution is 2.26. The first kappa shape index (κ1) is 10.0. The second-order valence-electron chi connectivity index (χ2n) is 2.45. The molecule has 70 valence electrons. The minimum Gasteiger partial charge on any atom is -0.496 e. The van der Waals surface area contributed by atoms with Gasteiger partial charge in [-0.25, -0.2) is 0 Å². The molecule has 0 radical (unpaired) electrons. The van der Waals surface area contributed by atoms with Gasteiger partial charge in [0, 0.05) is 16.1 Å². The highest BCUT2D eigenvalue weighted by atomic mass is 35.5. The lowest BCUT2D eigenvalue weighted by atomic mass is 10.1. The molecule has 1 rings (SSSR count). The zero-order valence-corrected chi connectivity index (χ0v) is 7.84. The van der Waals surface area contributed by atoms with Crippen LogP contribution in [0, 0.1) is 0 Å². The van der Waals surface area contributed by atoms with Crippen LogP contribution in [0.1, 0.15) is 15.9 Å². The van der Waals surface area contributed by atoms with Crippen LogP contribution in [0.25, 0.3) is 0 Å². The summed E-state index contributed by atoms with van der Waals surface area (Å²) in [6, 6.07) is 3.04. The van der Waals surface area contributed by atoms with E-state index in [2.05, 4.69) is 0 Å². The van der Waals surface area contributed by atoms with Gasteiger partial charge in [-0.1, -0.05) is 11.6 Å². The summed E-state index contributed by atoms with van der Waals surface area (Å²) in [5, 5.41) is 9.38. The number of aliphatic hydroxyl groups excluding tert-OH is 1. The molecule has 13 heavy (non-hydrogen) atoms. The summed E-state index contributed by atoms with van der Waals surface area (Å²) in [4.78, 5) is 10.6. The first-order valence-corrected chi connectivity index (χ1v) is 4.03. The number of methoxy groups -OCH3 is 1. The van der Waals surface area contributed by atoms with Gasteiger partial charge < -0.3 is 9.84 Å². The molecule has 0 spiro atoms. The lowest BCUT2D eigenvalue weighted by molar-refractivity contribution is 0.112. The predicted molar refractivity (Wildman–Crippen MR) is 49.3 cm³/mol. The molecule has 0 saturated carbocycles. The fourth-order valence-corrected chi connectivity index (χ4v) is 1.31. The first-order valence-electron chi connectivity index (χ1n) is 3.65. The summed E-state index contributed by atoms with van der Waals surface area (Å²) >= 11 is 5.72. The van der Waals surface area contributed by atoms with E-state index in [0.29, 0.717) is 28.2 Å². The summed E-state index contributed by atoms with van der Waals surface area (Å²) < 4.78 is 4.96. The molecule has 3 nitrogen and oxygen atoms in total. The monoisotopic (exact) mass is 200 g/mol. The van der Waals surface area contributed by atoms with Crippen molar-refractivity contribution in [1.29, 1.82) is 0 Å². The van der Waals surface area contributed by atoms with Crippen LogP contribution in [-0.2, 0) is 6.61 Å². The van der Waals surface area contributed by atoms with Crippen LogP contribution in [0.5, 0.6) is 5.75 Å². The van der Waals surface area contributed by atoms with Crippen molar-refractivity contribution in [2.24, 2.45) is 0 Å². The fourth-order valence-electron chi connectivity index (χ4n) is 1.09. The Kier molecular flexibility index (Phi) is 3.28. The van der Waals surface area contributed by atoms with Gasteiger partial charge in [-0.05, 0) is 12.1 Å². The van der Waals surface area contributed by atoms with Crippen LogP contribution in [0.3, 0.4) is 0 Å². The van der Waals surface area contributed by atoms with Crippen LogP contribution in [-0.4, -0.2) is 18.5 Å². The molecule has 0 aliphatic heterocycles. The van der Waals surface area contributed by atoms with E-state index in [4.69, 9.17) is 21.4 Å². The number of benzene rings is 1. The largest absolute Gasteiger partial charge is 0.496 e. The van der Waals surface area contributed by atoms with Gasteiger partial charge in [0.05, 0.1) is 13.7 Å². The molecule has 0 unspecified atom stereocenters. The zero-order valence-electron chi connectivity index (χ0n) is 7.08. The number of ether oxygens (including phenoxy) is 1. The number of aliphatic hydroxyl groups is 1. The molecule has 0 fully saturated rings. The summed E-state index contributed by atoms with van der Waals surface area (Å²) in [6.07, 6.45) is 0.639. The number of hydrogen-bond acceptors (Lipinski definition) is 3. The fraction of sp³-hybridized carbons (Fsp3) is 0.222. The Morgan fingerprint density at radius 3 is 2.77 bits per heavy atom. The Bertz CT molecular complexity index is 323. The highest BCUT2D eigenvalue weighted by molar-refractivity contribution is 6.31. The van der Waals surface area contributed by atoms with Gasteiger partial charge in [0.15, 0.2) is 6.29 Å². The maximum Gasteiger partial charge on any atom is 0.150 e. The molecule has 0 bridgehead atoms. The molecular formula is C9H9ClO3. The smallest absolute Gasteiger partial charge is 0.150 e. The maximum absolute atomic E-state index is 10.6. The van der Waals surface area contributed by atoms with E-state index >= 15 is 0 Å². The predicted octanol–water partition coefficient (Wildman–Crippen LogP) is 1.65. The molecule has 1 aromatic carbocycles. The Balaban J connectivity index is 3.33. The van der Waals surface area contributed by atoms with Gasteiger partial charge in [-0.15, -0.1) is 0 Å². The van der Waals surface area contributed by atoms with E-state index < -0.39 is 0 Å². The molecule has 4 heteroatoms. The van der Waals surface area contributed by atoms with Crippen molar-refractivity contribution in [3.63, 3.8) is 0 Å². The molecule has 0 heterocycles. The number of carbonyl (C=O) groups excluding carboxylic acids is 1. The molecule has 0 atom stereocenters. The third-order valence-electron chi connectivity index (χ3n) is 1.71. The number of aldehydes is 1. The van der Waals surface area contributed by atoms with Crippen LogP contribution >= 0.6 is 11.6 Å². The van der Waals surface area contributed by atoms with E-state index in [1.807, 2.05) is 0 Å². The van der Waals surface area contributed by atoms with Crippen molar-refractivity contribution in [2.75, 3.05) is 7.11 Å². The Labute approximate surface area is 80.9 Å². The minimum absolute atomic E-state index is 0.242. The maximum atomic E-state index is 10.6. The Morgan fingerprint density at radius 2 is 2.31 bits per heavy atom. The highest BCUT2D eigenvalue weighted by Gasteiger charge is 2.09. The van der Waals surface area contributed by atoms with Crippen LogP contribution in [0.2, 0.25) is 5.02 Å². The second-order valence-corrected chi connectivity index (χ2v) is 2.89. The van der Waals surface area contributed by atoms with Crippen molar-refractivity contribution in [1.82, 2.24) is 0 Å². The van der Waals surface area contributed by atoms with Gasteiger partial charge in [-0.2, -0.15) is 0 Å².